The molecule has 1 aliphatic rings. The minimum Gasteiger partial charge on any atom is -0.474 e. The summed E-state index contributed by atoms with van der Waals surface area (Å²) in [4.78, 5) is 22.4. The number of Topliss-reactive ketones (excluding diaryl/α,β-unsaturated/α-hetero) is 1. The number of likely N-dealkylation sites (tertiary alicyclic amines) is 1. The number of ketones is 1. The molecule has 0 radical (unpaired) electrons. The molecule has 2 heterocycles. The molecule has 1 fully saturated rings. The van der Waals surface area contributed by atoms with Gasteiger partial charge >= 0.3 is 0 Å². The minimum absolute atomic E-state index is 0.0339. The van der Waals surface area contributed by atoms with Crippen molar-refractivity contribution in [2.45, 2.75) is 30.8 Å². The highest BCUT2D eigenvalue weighted by molar-refractivity contribution is 7.90. The fraction of sp³-hybridized carbons (Fsp3) is 0.320. The van der Waals surface area contributed by atoms with E-state index in [-0.39, 0.29) is 23.5 Å². The number of rotatable bonds is 8. The van der Waals surface area contributed by atoms with Crippen molar-refractivity contribution in [3.8, 4) is 17.5 Å². The van der Waals surface area contributed by atoms with Gasteiger partial charge in [0.25, 0.3) is 0 Å². The summed E-state index contributed by atoms with van der Waals surface area (Å²) in [5.41, 5.74) is 1.09. The Bertz CT molecular complexity index is 1360. The van der Waals surface area contributed by atoms with Crippen LogP contribution in [0.15, 0.2) is 53.7 Å². The predicted octanol–water partition coefficient (Wildman–Crippen LogP) is 4.50. The van der Waals surface area contributed by atoms with E-state index in [0.29, 0.717) is 54.5 Å². The average Bonchev–Trinajstić information content (AvgIpc) is 2.83. The molecule has 0 spiro atoms. The number of carbonyl (C=O) groups excluding carboxylic acids is 1. The van der Waals surface area contributed by atoms with E-state index in [1.54, 1.807) is 31.2 Å². The van der Waals surface area contributed by atoms with Crippen LogP contribution in [0.2, 0.25) is 5.02 Å². The number of piperidine rings is 1. The van der Waals surface area contributed by atoms with Crippen LogP contribution >= 0.6 is 11.6 Å². The summed E-state index contributed by atoms with van der Waals surface area (Å²) in [5.74, 6) is -0.845. The van der Waals surface area contributed by atoms with Crippen LogP contribution in [-0.2, 0) is 9.84 Å². The predicted molar refractivity (Wildman–Crippen MR) is 132 cm³/mol. The van der Waals surface area contributed by atoms with Gasteiger partial charge in [-0.2, -0.15) is 0 Å². The first-order valence-electron chi connectivity index (χ1n) is 11.3. The van der Waals surface area contributed by atoms with Crippen LogP contribution in [0.5, 0.6) is 17.5 Å². The smallest absolute Gasteiger partial charge is 0.229 e. The molecular formula is C25H25ClFN3O5S. The van der Waals surface area contributed by atoms with Gasteiger partial charge in [-0.05, 0) is 56.2 Å². The number of benzene rings is 2. The fourth-order valence-corrected chi connectivity index (χ4v) is 4.75. The summed E-state index contributed by atoms with van der Waals surface area (Å²) >= 11 is 5.89. The molecule has 3 aromatic rings. The van der Waals surface area contributed by atoms with Gasteiger partial charge in [-0.1, -0.05) is 17.7 Å². The maximum absolute atomic E-state index is 14.7. The average molecular weight is 534 g/mol. The minimum atomic E-state index is -3.76. The van der Waals surface area contributed by atoms with Gasteiger partial charge in [-0.15, -0.1) is 0 Å². The Hall–Kier alpha value is -3.08. The zero-order valence-electron chi connectivity index (χ0n) is 19.8. The van der Waals surface area contributed by atoms with Gasteiger partial charge in [0.05, 0.1) is 12.1 Å². The summed E-state index contributed by atoms with van der Waals surface area (Å²) in [5, 5.41) is 0.589. The molecule has 0 atom stereocenters. The van der Waals surface area contributed by atoms with Gasteiger partial charge in [0, 0.05) is 29.9 Å². The van der Waals surface area contributed by atoms with Crippen molar-refractivity contribution < 1.29 is 27.1 Å². The van der Waals surface area contributed by atoms with Crippen LogP contribution in [0.3, 0.4) is 0 Å². The van der Waals surface area contributed by atoms with Crippen LogP contribution in [0.1, 0.15) is 28.8 Å². The normalized spacial score (nSPS) is 15.0. The number of hydrogen-bond acceptors (Lipinski definition) is 8. The number of hydrogen-bond donors (Lipinski definition) is 0. The molecule has 4 rings (SSSR count). The van der Waals surface area contributed by atoms with E-state index in [1.807, 2.05) is 0 Å². The lowest BCUT2D eigenvalue weighted by atomic mass is 10.1. The van der Waals surface area contributed by atoms with Crippen molar-refractivity contribution in [1.29, 1.82) is 0 Å². The molecule has 11 heteroatoms. The lowest BCUT2D eigenvalue weighted by Gasteiger charge is -2.31. The van der Waals surface area contributed by atoms with Gasteiger partial charge in [0.2, 0.25) is 11.8 Å². The van der Waals surface area contributed by atoms with Gasteiger partial charge in [-0.3, -0.25) is 9.69 Å². The van der Waals surface area contributed by atoms with Crippen LogP contribution < -0.4 is 9.47 Å². The molecule has 0 bridgehead atoms. The molecule has 0 aliphatic carbocycles. The van der Waals surface area contributed by atoms with Crippen molar-refractivity contribution in [3.05, 3.63) is 70.8 Å². The largest absolute Gasteiger partial charge is 0.474 e. The first-order valence-corrected chi connectivity index (χ1v) is 13.5. The van der Waals surface area contributed by atoms with Gasteiger partial charge in [0.15, 0.2) is 27.2 Å². The van der Waals surface area contributed by atoms with Gasteiger partial charge in [-0.25, -0.2) is 22.8 Å². The highest BCUT2D eigenvalue weighted by Crippen LogP contribution is 2.32. The Morgan fingerprint density at radius 2 is 1.78 bits per heavy atom. The number of carbonyl (C=O) groups is 1. The topological polar surface area (TPSA) is 98.7 Å². The molecule has 2 aromatic carbocycles. The summed E-state index contributed by atoms with van der Waals surface area (Å²) in [6, 6.07) is 10.7. The Balaban J connectivity index is 1.37. The highest BCUT2D eigenvalue weighted by atomic mass is 35.5. The Morgan fingerprint density at radius 1 is 1.11 bits per heavy atom. The monoisotopic (exact) mass is 533 g/mol. The second-order valence-electron chi connectivity index (χ2n) is 8.57. The van der Waals surface area contributed by atoms with Crippen LogP contribution in [0.4, 0.5) is 4.39 Å². The molecule has 190 valence electrons. The summed E-state index contributed by atoms with van der Waals surface area (Å²) < 4.78 is 50.0. The van der Waals surface area contributed by atoms with Crippen molar-refractivity contribution in [2.24, 2.45) is 0 Å². The van der Waals surface area contributed by atoms with Crippen LogP contribution in [0.25, 0.3) is 0 Å². The van der Waals surface area contributed by atoms with Gasteiger partial charge < -0.3 is 9.47 Å². The van der Waals surface area contributed by atoms with Crippen molar-refractivity contribution in [2.75, 3.05) is 25.9 Å². The molecule has 8 nitrogen and oxygen atoms in total. The first kappa shape index (κ1) is 26.0. The number of nitrogens with zero attached hydrogens (tertiary/aromatic N) is 3. The molecule has 0 saturated carbocycles. The third-order valence-corrected chi connectivity index (χ3v) is 7.24. The molecular weight excluding hydrogens is 509 g/mol. The van der Waals surface area contributed by atoms with E-state index in [1.165, 1.54) is 24.5 Å². The molecule has 1 aliphatic heterocycles. The quantitative estimate of drug-likeness (QED) is 0.390. The number of aromatic nitrogens is 2. The van der Waals surface area contributed by atoms with Crippen molar-refractivity contribution in [1.82, 2.24) is 14.9 Å². The summed E-state index contributed by atoms with van der Waals surface area (Å²) in [6.07, 6.45) is 3.43. The SMILES string of the molecule is Cc1c(Oc2cccc(S(C)(=O)=O)c2F)ncnc1OC1CCN(CC(=O)c2ccc(Cl)cc2)CC1. The highest BCUT2D eigenvalue weighted by Gasteiger charge is 2.25. The second-order valence-corrected chi connectivity index (χ2v) is 11.0. The van der Waals surface area contributed by atoms with Crippen molar-refractivity contribution in [3.63, 3.8) is 0 Å². The first-order chi connectivity index (χ1) is 17.1. The summed E-state index contributed by atoms with van der Waals surface area (Å²) in [6.45, 7) is 3.36. The standard InChI is InChI=1S/C25H25ClFN3O5S/c1-16-24(28-15-29-25(16)35-21-4-3-5-22(23(21)27)36(2,32)33)34-19-10-12-30(13-11-19)14-20(31)17-6-8-18(26)9-7-17/h3-9,15,19H,10-14H2,1-2H3. The van der Waals surface area contributed by atoms with E-state index in [0.717, 1.165) is 6.26 Å². The molecule has 36 heavy (non-hydrogen) atoms. The van der Waals surface area contributed by atoms with E-state index >= 15 is 0 Å². The second kappa shape index (κ2) is 10.9. The van der Waals surface area contributed by atoms with E-state index in [9.17, 15) is 17.6 Å². The molecule has 0 N–H and O–H groups in total. The third-order valence-electron chi connectivity index (χ3n) is 5.87. The maximum atomic E-state index is 14.7. The Kier molecular flexibility index (Phi) is 7.87. The number of sulfone groups is 1. The zero-order chi connectivity index (χ0) is 25.9. The molecule has 1 saturated heterocycles. The Morgan fingerprint density at radius 3 is 2.44 bits per heavy atom. The maximum Gasteiger partial charge on any atom is 0.229 e. The lowest BCUT2D eigenvalue weighted by molar-refractivity contribution is 0.0774. The van der Waals surface area contributed by atoms with Crippen LogP contribution in [-0.4, -0.2) is 61.1 Å². The van der Waals surface area contributed by atoms with Gasteiger partial charge in [0.1, 0.15) is 17.3 Å². The van der Waals surface area contributed by atoms with E-state index < -0.39 is 20.5 Å². The van der Waals surface area contributed by atoms with Crippen molar-refractivity contribution >= 4 is 27.2 Å². The zero-order valence-corrected chi connectivity index (χ0v) is 21.4. The molecule has 0 amide bonds. The molecule has 1 aromatic heterocycles. The van der Waals surface area contributed by atoms with E-state index in [4.69, 9.17) is 21.1 Å². The molecule has 0 unspecified atom stereocenters. The number of ether oxygens (including phenoxy) is 2. The van der Waals surface area contributed by atoms with Crippen LogP contribution in [0, 0.1) is 12.7 Å². The summed E-state index contributed by atoms with van der Waals surface area (Å²) in [7, 11) is -3.76. The lowest BCUT2D eigenvalue weighted by Crippen LogP contribution is -2.41. The number of halogens is 2. The van der Waals surface area contributed by atoms with E-state index in [2.05, 4.69) is 14.9 Å². The Labute approximate surface area is 214 Å². The third kappa shape index (κ3) is 6.18. The fourth-order valence-electron chi connectivity index (χ4n) is 3.87.